The van der Waals surface area contributed by atoms with E-state index in [1.165, 1.54) is 45.2 Å². The molecule has 1 N–H and O–H groups in total. The Balaban J connectivity index is 4.50. The first-order valence-electron chi connectivity index (χ1n) is 7.93. The van der Waals surface area contributed by atoms with Crippen molar-refractivity contribution in [2.45, 2.75) is 72.8 Å². The number of rotatable bonds is 11. The van der Waals surface area contributed by atoms with Gasteiger partial charge in [-0.25, -0.2) is 0 Å². The van der Waals surface area contributed by atoms with Gasteiger partial charge in [-0.1, -0.05) is 33.6 Å². The Morgan fingerprint density at radius 3 is 2.06 bits per heavy atom. The van der Waals surface area contributed by atoms with Crippen LogP contribution in [0, 0.1) is 5.41 Å². The number of hydrogen-bond donors (Lipinski definition) is 1. The maximum absolute atomic E-state index is 3.40. The summed E-state index contributed by atoms with van der Waals surface area (Å²) in [6.07, 6.45) is 6.55. The number of hydrogen-bond acceptors (Lipinski definition) is 2. The molecule has 110 valence electrons. The number of unbranched alkanes of at least 4 members (excludes halogenated alkanes) is 2. The van der Waals surface area contributed by atoms with Crippen LogP contribution in [0.2, 0.25) is 0 Å². The first kappa shape index (κ1) is 17.9. The standard InChI is InChI=1S/C16H36N2/c1-7-10-11-12-18(15(4)5)14-16(8-2,9-3)13-17-6/h15,17H,7-14H2,1-6H3. The second-order valence-corrected chi connectivity index (χ2v) is 6.01. The normalized spacial score (nSPS) is 12.7. The van der Waals surface area contributed by atoms with Crippen LogP contribution in [0.4, 0.5) is 0 Å². The average molecular weight is 256 g/mol. The zero-order chi connectivity index (χ0) is 14.0. The molecular weight excluding hydrogens is 220 g/mol. The molecule has 0 radical (unpaired) electrons. The van der Waals surface area contributed by atoms with E-state index in [2.05, 4.69) is 51.9 Å². The van der Waals surface area contributed by atoms with E-state index in [1.807, 2.05) is 0 Å². The summed E-state index contributed by atoms with van der Waals surface area (Å²) in [5.74, 6) is 0. The molecule has 18 heavy (non-hydrogen) atoms. The van der Waals surface area contributed by atoms with Gasteiger partial charge in [0.2, 0.25) is 0 Å². The largest absolute Gasteiger partial charge is 0.319 e. The fourth-order valence-electron chi connectivity index (χ4n) is 2.67. The molecule has 0 bridgehead atoms. The lowest BCUT2D eigenvalue weighted by Gasteiger charge is -2.39. The van der Waals surface area contributed by atoms with E-state index < -0.39 is 0 Å². The van der Waals surface area contributed by atoms with Gasteiger partial charge in [0.15, 0.2) is 0 Å². The molecule has 0 aromatic rings. The molecule has 2 nitrogen and oxygen atoms in total. The van der Waals surface area contributed by atoms with Crippen molar-refractivity contribution in [1.82, 2.24) is 10.2 Å². The third kappa shape index (κ3) is 6.19. The van der Waals surface area contributed by atoms with Crippen molar-refractivity contribution in [2.75, 3.05) is 26.7 Å². The van der Waals surface area contributed by atoms with Gasteiger partial charge in [-0.3, -0.25) is 0 Å². The molecule has 0 rings (SSSR count). The molecule has 0 aliphatic heterocycles. The fourth-order valence-corrected chi connectivity index (χ4v) is 2.67. The van der Waals surface area contributed by atoms with Crippen LogP contribution in [0.25, 0.3) is 0 Å². The molecule has 0 aliphatic rings. The van der Waals surface area contributed by atoms with Crippen molar-refractivity contribution in [3.63, 3.8) is 0 Å². The number of nitrogens with one attached hydrogen (secondary N) is 1. The fraction of sp³-hybridized carbons (Fsp3) is 1.00. The lowest BCUT2D eigenvalue weighted by Crippen LogP contribution is -2.45. The Labute approximate surface area is 116 Å². The highest BCUT2D eigenvalue weighted by Crippen LogP contribution is 2.27. The summed E-state index contributed by atoms with van der Waals surface area (Å²) in [4.78, 5) is 2.68. The molecular formula is C16H36N2. The van der Waals surface area contributed by atoms with Crippen LogP contribution in [0.3, 0.4) is 0 Å². The van der Waals surface area contributed by atoms with E-state index >= 15 is 0 Å². The SMILES string of the molecule is CCCCCN(CC(CC)(CC)CNC)C(C)C. The third-order valence-corrected chi connectivity index (χ3v) is 4.37. The smallest absolute Gasteiger partial charge is 0.00526 e. The van der Waals surface area contributed by atoms with E-state index in [-0.39, 0.29) is 0 Å². The zero-order valence-corrected chi connectivity index (χ0v) is 13.7. The maximum Gasteiger partial charge on any atom is 0.00526 e. The summed E-state index contributed by atoms with van der Waals surface area (Å²) in [6, 6.07) is 0.663. The summed E-state index contributed by atoms with van der Waals surface area (Å²) in [5, 5.41) is 3.40. The monoisotopic (exact) mass is 256 g/mol. The lowest BCUT2D eigenvalue weighted by molar-refractivity contribution is 0.109. The van der Waals surface area contributed by atoms with Crippen molar-refractivity contribution in [2.24, 2.45) is 5.41 Å². The minimum atomic E-state index is 0.450. The second kappa shape index (κ2) is 9.80. The second-order valence-electron chi connectivity index (χ2n) is 6.01. The highest BCUT2D eigenvalue weighted by molar-refractivity contribution is 4.83. The van der Waals surface area contributed by atoms with Gasteiger partial charge in [0.1, 0.15) is 0 Å². The zero-order valence-electron chi connectivity index (χ0n) is 13.7. The van der Waals surface area contributed by atoms with E-state index in [1.54, 1.807) is 0 Å². The summed E-state index contributed by atoms with van der Waals surface area (Å²) in [7, 11) is 2.08. The Morgan fingerprint density at radius 2 is 1.67 bits per heavy atom. The van der Waals surface area contributed by atoms with E-state index in [0.29, 0.717) is 11.5 Å². The number of nitrogens with zero attached hydrogens (tertiary/aromatic N) is 1. The summed E-state index contributed by atoms with van der Waals surface area (Å²) < 4.78 is 0. The highest BCUT2D eigenvalue weighted by atomic mass is 15.2. The Morgan fingerprint density at radius 1 is 1.06 bits per heavy atom. The summed E-state index contributed by atoms with van der Waals surface area (Å²) >= 11 is 0. The maximum atomic E-state index is 3.40. The molecule has 0 aliphatic carbocycles. The van der Waals surface area contributed by atoms with Crippen LogP contribution >= 0.6 is 0 Å². The molecule has 0 heterocycles. The van der Waals surface area contributed by atoms with Gasteiger partial charge in [-0.2, -0.15) is 0 Å². The van der Waals surface area contributed by atoms with E-state index in [4.69, 9.17) is 0 Å². The van der Waals surface area contributed by atoms with Crippen LogP contribution < -0.4 is 5.32 Å². The lowest BCUT2D eigenvalue weighted by atomic mass is 9.81. The third-order valence-electron chi connectivity index (χ3n) is 4.37. The molecule has 0 saturated carbocycles. The van der Waals surface area contributed by atoms with Crippen LogP contribution in [0.15, 0.2) is 0 Å². The van der Waals surface area contributed by atoms with Crippen LogP contribution in [0.1, 0.15) is 66.7 Å². The van der Waals surface area contributed by atoms with E-state index in [0.717, 1.165) is 6.54 Å². The molecule has 0 saturated heterocycles. The molecule has 0 spiro atoms. The van der Waals surface area contributed by atoms with Crippen molar-refractivity contribution in [1.29, 1.82) is 0 Å². The molecule has 0 aromatic carbocycles. The van der Waals surface area contributed by atoms with Crippen LogP contribution in [0.5, 0.6) is 0 Å². The molecule has 0 fully saturated rings. The van der Waals surface area contributed by atoms with Crippen molar-refractivity contribution in [3.8, 4) is 0 Å². The first-order chi connectivity index (χ1) is 8.55. The summed E-state index contributed by atoms with van der Waals surface area (Å²) in [5.41, 5.74) is 0.450. The predicted octanol–water partition coefficient (Wildman–Crippen LogP) is 3.91. The van der Waals surface area contributed by atoms with Crippen molar-refractivity contribution >= 4 is 0 Å². The van der Waals surface area contributed by atoms with Gasteiger partial charge < -0.3 is 10.2 Å². The first-order valence-corrected chi connectivity index (χ1v) is 7.93. The van der Waals surface area contributed by atoms with Gasteiger partial charge in [-0.15, -0.1) is 0 Å². The van der Waals surface area contributed by atoms with Gasteiger partial charge in [0.05, 0.1) is 0 Å². The molecule has 0 unspecified atom stereocenters. The molecule has 0 amide bonds. The molecule has 2 heteroatoms. The highest BCUT2D eigenvalue weighted by Gasteiger charge is 2.28. The average Bonchev–Trinajstić information content (AvgIpc) is 2.36. The van der Waals surface area contributed by atoms with E-state index in [9.17, 15) is 0 Å². The topological polar surface area (TPSA) is 15.3 Å². The van der Waals surface area contributed by atoms with Gasteiger partial charge in [0, 0.05) is 19.1 Å². The van der Waals surface area contributed by atoms with Crippen molar-refractivity contribution < 1.29 is 0 Å². The Hall–Kier alpha value is -0.0800. The minimum Gasteiger partial charge on any atom is -0.319 e. The van der Waals surface area contributed by atoms with Crippen molar-refractivity contribution in [3.05, 3.63) is 0 Å². The Kier molecular flexibility index (Phi) is 9.76. The predicted molar refractivity (Wildman–Crippen MR) is 83.2 cm³/mol. The van der Waals surface area contributed by atoms with Crippen LogP contribution in [-0.2, 0) is 0 Å². The summed E-state index contributed by atoms with van der Waals surface area (Å²) in [6.45, 7) is 15.3. The quantitative estimate of drug-likeness (QED) is 0.564. The van der Waals surface area contributed by atoms with Crippen LogP contribution in [-0.4, -0.2) is 37.6 Å². The van der Waals surface area contributed by atoms with Gasteiger partial charge in [0.25, 0.3) is 0 Å². The van der Waals surface area contributed by atoms with Gasteiger partial charge >= 0.3 is 0 Å². The molecule has 0 atom stereocenters. The van der Waals surface area contributed by atoms with Gasteiger partial charge in [-0.05, 0) is 52.1 Å². The molecule has 0 aromatic heterocycles. The Bertz CT molecular complexity index is 186. The minimum absolute atomic E-state index is 0.450.